The van der Waals surface area contributed by atoms with E-state index in [1.165, 1.54) is 32.6 Å². The zero-order chi connectivity index (χ0) is 11.9. The van der Waals surface area contributed by atoms with E-state index < -0.39 is 0 Å². The lowest BCUT2D eigenvalue weighted by Crippen LogP contribution is -1.95. The number of ether oxygens (including phenoxy) is 2. The molecule has 0 saturated heterocycles. The number of unbranched alkanes of at least 4 members (excludes halogenated alkanes) is 2. The third kappa shape index (κ3) is 24.6. The second-order valence-electron chi connectivity index (χ2n) is 3.10. The van der Waals surface area contributed by atoms with Crippen LogP contribution in [-0.2, 0) is 14.3 Å². The van der Waals surface area contributed by atoms with Gasteiger partial charge in [-0.2, -0.15) is 0 Å². The van der Waals surface area contributed by atoms with Crippen LogP contribution in [0, 0.1) is 0 Å². The Morgan fingerprint density at radius 3 is 1.87 bits per heavy atom. The summed E-state index contributed by atoms with van der Waals surface area (Å²) in [5, 5.41) is 0. The van der Waals surface area contributed by atoms with Gasteiger partial charge in [-0.1, -0.05) is 33.3 Å². The Kier molecular flexibility index (Phi) is 17.3. The molecule has 0 aliphatic heterocycles. The molecule has 0 unspecified atom stereocenters. The molecule has 90 valence electrons. The van der Waals surface area contributed by atoms with Gasteiger partial charge in [0.05, 0.1) is 6.26 Å². The van der Waals surface area contributed by atoms with Crippen LogP contribution in [0.2, 0.25) is 0 Å². The van der Waals surface area contributed by atoms with Crippen molar-refractivity contribution in [3.05, 3.63) is 12.8 Å². The molecule has 0 saturated carbocycles. The average Bonchev–Trinajstić information content (AvgIpc) is 2.18. The molecule has 3 nitrogen and oxygen atoms in total. The number of carbonyl (C=O) groups excluding carboxylic acids is 1. The Bertz CT molecular complexity index is 138. The minimum Gasteiger partial charge on any atom is -0.435 e. The zero-order valence-electron chi connectivity index (χ0n) is 10.3. The van der Waals surface area contributed by atoms with E-state index in [0.717, 1.165) is 19.5 Å². The van der Waals surface area contributed by atoms with Crippen LogP contribution in [0.3, 0.4) is 0 Å². The Morgan fingerprint density at radius 1 is 1.20 bits per heavy atom. The first-order valence-corrected chi connectivity index (χ1v) is 5.54. The molecule has 0 heterocycles. The average molecular weight is 216 g/mol. The van der Waals surface area contributed by atoms with Crippen molar-refractivity contribution < 1.29 is 14.3 Å². The normalized spacial score (nSPS) is 8.73. The predicted molar refractivity (Wildman–Crippen MR) is 62.6 cm³/mol. The maximum Gasteiger partial charge on any atom is 0.307 e. The molecule has 0 atom stereocenters. The van der Waals surface area contributed by atoms with Gasteiger partial charge >= 0.3 is 5.97 Å². The molecule has 0 bridgehead atoms. The minimum absolute atomic E-state index is 0.329. The summed E-state index contributed by atoms with van der Waals surface area (Å²) in [6, 6.07) is 0. The van der Waals surface area contributed by atoms with Crippen molar-refractivity contribution in [2.75, 3.05) is 13.2 Å². The molecule has 0 aromatic heterocycles. The maximum absolute atomic E-state index is 9.75. The Hall–Kier alpha value is -0.830. The molecular weight excluding hydrogens is 192 g/mol. The zero-order valence-corrected chi connectivity index (χ0v) is 10.3. The number of carbonyl (C=O) groups is 1. The van der Waals surface area contributed by atoms with E-state index in [-0.39, 0.29) is 5.97 Å². The number of hydrogen-bond donors (Lipinski definition) is 0. The summed E-state index contributed by atoms with van der Waals surface area (Å²) >= 11 is 0. The van der Waals surface area contributed by atoms with Gasteiger partial charge in [-0.25, -0.2) is 0 Å². The predicted octanol–water partition coefficient (Wildman–Crippen LogP) is 3.30. The minimum atomic E-state index is -0.329. The first kappa shape index (κ1) is 16.6. The molecule has 0 radical (unpaired) electrons. The molecule has 0 amide bonds. The fourth-order valence-electron chi connectivity index (χ4n) is 0.712. The highest BCUT2D eigenvalue weighted by Crippen LogP contribution is 1.91. The van der Waals surface area contributed by atoms with Gasteiger partial charge in [-0.15, -0.1) is 0 Å². The second kappa shape index (κ2) is 15.6. The Morgan fingerprint density at radius 2 is 1.67 bits per heavy atom. The largest absolute Gasteiger partial charge is 0.435 e. The van der Waals surface area contributed by atoms with E-state index in [1.807, 2.05) is 0 Å². The van der Waals surface area contributed by atoms with E-state index >= 15 is 0 Å². The number of rotatable bonds is 7. The van der Waals surface area contributed by atoms with Gasteiger partial charge in [-0.05, 0) is 12.8 Å². The van der Waals surface area contributed by atoms with Crippen LogP contribution in [0.25, 0.3) is 0 Å². The van der Waals surface area contributed by atoms with E-state index in [1.54, 1.807) is 0 Å². The van der Waals surface area contributed by atoms with Gasteiger partial charge in [0.1, 0.15) is 0 Å². The van der Waals surface area contributed by atoms with Crippen LogP contribution in [0.5, 0.6) is 0 Å². The van der Waals surface area contributed by atoms with Crippen LogP contribution in [0.1, 0.15) is 46.5 Å². The van der Waals surface area contributed by atoms with E-state index in [2.05, 4.69) is 25.2 Å². The first-order chi connectivity index (χ1) is 7.18. The van der Waals surface area contributed by atoms with E-state index in [9.17, 15) is 4.79 Å². The smallest absolute Gasteiger partial charge is 0.307 e. The standard InChI is InChI=1S/C8H18O.C4H6O2/c1-3-5-7-9-8-6-4-2;1-3-6-4(2)5/h3-8H2,1-2H3;3H,1H2,2H3. The van der Waals surface area contributed by atoms with E-state index in [4.69, 9.17) is 4.74 Å². The quantitative estimate of drug-likeness (QED) is 0.372. The van der Waals surface area contributed by atoms with Gasteiger partial charge < -0.3 is 9.47 Å². The summed E-state index contributed by atoms with van der Waals surface area (Å²) in [5.41, 5.74) is 0. The monoisotopic (exact) mass is 216 g/mol. The van der Waals surface area contributed by atoms with Crippen molar-refractivity contribution in [1.29, 1.82) is 0 Å². The molecule has 0 N–H and O–H groups in total. The van der Waals surface area contributed by atoms with Crippen LogP contribution >= 0.6 is 0 Å². The SMILES string of the molecule is C=COC(C)=O.CCCCOCCCC. The van der Waals surface area contributed by atoms with Crippen LogP contribution in [0.15, 0.2) is 12.8 Å². The van der Waals surface area contributed by atoms with Crippen molar-refractivity contribution in [3.8, 4) is 0 Å². The highest BCUT2D eigenvalue weighted by molar-refractivity contribution is 5.66. The van der Waals surface area contributed by atoms with Crippen molar-refractivity contribution >= 4 is 5.97 Å². The van der Waals surface area contributed by atoms with Crippen LogP contribution in [0.4, 0.5) is 0 Å². The lowest BCUT2D eigenvalue weighted by Gasteiger charge is -1.99. The molecular formula is C12H24O3. The van der Waals surface area contributed by atoms with Gasteiger partial charge in [-0.3, -0.25) is 4.79 Å². The molecule has 0 aromatic carbocycles. The summed E-state index contributed by atoms with van der Waals surface area (Å²) in [6.45, 7) is 10.8. The summed E-state index contributed by atoms with van der Waals surface area (Å²) in [4.78, 5) is 9.75. The van der Waals surface area contributed by atoms with Crippen molar-refractivity contribution in [1.82, 2.24) is 0 Å². The van der Waals surface area contributed by atoms with Gasteiger partial charge in [0.2, 0.25) is 0 Å². The van der Waals surface area contributed by atoms with Gasteiger partial charge in [0, 0.05) is 20.1 Å². The topological polar surface area (TPSA) is 35.5 Å². The molecule has 0 aromatic rings. The van der Waals surface area contributed by atoms with Crippen molar-refractivity contribution in [3.63, 3.8) is 0 Å². The lowest BCUT2D eigenvalue weighted by molar-refractivity contribution is -0.135. The summed E-state index contributed by atoms with van der Waals surface area (Å²) in [7, 11) is 0. The Balaban J connectivity index is 0. The van der Waals surface area contributed by atoms with Crippen molar-refractivity contribution in [2.45, 2.75) is 46.5 Å². The molecule has 0 aliphatic rings. The van der Waals surface area contributed by atoms with Crippen molar-refractivity contribution in [2.24, 2.45) is 0 Å². The third-order valence-electron chi connectivity index (χ3n) is 1.53. The molecule has 0 rings (SSSR count). The summed E-state index contributed by atoms with van der Waals surface area (Å²) in [5.74, 6) is -0.329. The first-order valence-electron chi connectivity index (χ1n) is 5.54. The molecule has 0 spiro atoms. The molecule has 3 heteroatoms. The second-order valence-corrected chi connectivity index (χ2v) is 3.10. The van der Waals surface area contributed by atoms with E-state index in [0.29, 0.717) is 0 Å². The Labute approximate surface area is 93.5 Å². The summed E-state index contributed by atoms with van der Waals surface area (Å²) in [6.07, 6.45) is 6.01. The van der Waals surface area contributed by atoms with Crippen LogP contribution in [-0.4, -0.2) is 19.2 Å². The fourth-order valence-corrected chi connectivity index (χ4v) is 0.712. The van der Waals surface area contributed by atoms with Gasteiger partial charge in [0.25, 0.3) is 0 Å². The molecule has 0 fully saturated rings. The van der Waals surface area contributed by atoms with Crippen LogP contribution < -0.4 is 0 Å². The highest BCUT2D eigenvalue weighted by Gasteiger charge is 1.84. The number of hydrogen-bond acceptors (Lipinski definition) is 3. The number of esters is 1. The molecule has 0 aliphatic carbocycles. The van der Waals surface area contributed by atoms with Gasteiger partial charge in [0.15, 0.2) is 0 Å². The molecule has 15 heavy (non-hydrogen) atoms. The fraction of sp³-hybridized carbons (Fsp3) is 0.750. The highest BCUT2D eigenvalue weighted by atomic mass is 16.5. The lowest BCUT2D eigenvalue weighted by atomic mass is 10.3. The maximum atomic E-state index is 9.75. The third-order valence-corrected chi connectivity index (χ3v) is 1.53. The summed E-state index contributed by atoms with van der Waals surface area (Å²) < 4.78 is 9.48.